The molecule has 1 amide bonds. The van der Waals surface area contributed by atoms with E-state index in [4.69, 9.17) is 17.3 Å². The van der Waals surface area contributed by atoms with Crippen molar-refractivity contribution >= 4 is 27.5 Å². The van der Waals surface area contributed by atoms with Gasteiger partial charge in [0.1, 0.15) is 10.7 Å². The molecule has 1 aromatic rings. The summed E-state index contributed by atoms with van der Waals surface area (Å²) < 4.78 is 38.3. The van der Waals surface area contributed by atoms with Crippen LogP contribution in [0.3, 0.4) is 0 Å². The first-order valence-electron chi connectivity index (χ1n) is 4.56. The average Bonchev–Trinajstić information content (AvgIpc) is 2.20. The summed E-state index contributed by atoms with van der Waals surface area (Å²) in [6.07, 6.45) is -0.147. The van der Waals surface area contributed by atoms with Crippen LogP contribution in [-0.2, 0) is 14.8 Å². The number of primary amides is 1. The summed E-state index contributed by atoms with van der Waals surface area (Å²) in [6.45, 7) is -0.162. The number of halogens is 2. The van der Waals surface area contributed by atoms with Gasteiger partial charge in [0.15, 0.2) is 0 Å². The molecule has 0 atom stereocenters. The van der Waals surface area contributed by atoms with Crippen molar-refractivity contribution in [1.29, 1.82) is 0 Å². The zero-order valence-corrected chi connectivity index (χ0v) is 10.2. The summed E-state index contributed by atoms with van der Waals surface area (Å²) in [5.41, 5.74) is 4.85. The molecule has 0 aliphatic rings. The molecule has 94 valence electrons. The first-order valence-corrected chi connectivity index (χ1v) is 6.42. The van der Waals surface area contributed by atoms with Crippen LogP contribution in [0.2, 0.25) is 5.02 Å². The largest absolute Gasteiger partial charge is 0.370 e. The lowest BCUT2D eigenvalue weighted by molar-refractivity contribution is -0.117. The highest BCUT2D eigenvalue weighted by Gasteiger charge is 2.18. The minimum Gasteiger partial charge on any atom is -0.370 e. The van der Waals surface area contributed by atoms with Crippen LogP contribution < -0.4 is 10.5 Å². The number of sulfonamides is 1. The zero-order chi connectivity index (χ0) is 13.1. The predicted octanol–water partition coefficient (Wildman–Crippen LogP) is 0.633. The smallest absolute Gasteiger partial charge is 0.242 e. The fourth-order valence-electron chi connectivity index (χ4n) is 1.07. The molecule has 0 saturated carbocycles. The minimum atomic E-state index is -3.94. The Morgan fingerprint density at radius 2 is 2.12 bits per heavy atom. The van der Waals surface area contributed by atoms with Crippen molar-refractivity contribution in [2.45, 2.75) is 11.3 Å². The van der Waals surface area contributed by atoms with Crippen LogP contribution in [0.5, 0.6) is 0 Å². The van der Waals surface area contributed by atoms with Gasteiger partial charge < -0.3 is 5.73 Å². The summed E-state index contributed by atoms with van der Waals surface area (Å²) in [5, 5.41) is -0.0991. The molecule has 0 unspecified atom stereocenters. The number of hydrogen-bond acceptors (Lipinski definition) is 3. The average molecular weight is 281 g/mol. The molecule has 8 heteroatoms. The van der Waals surface area contributed by atoms with Crippen LogP contribution >= 0.6 is 11.6 Å². The SMILES string of the molecule is NC(=O)CCNS(=O)(=O)c1cc(F)ccc1Cl. The normalized spacial score (nSPS) is 11.4. The fraction of sp³-hybridized carbons (Fsp3) is 0.222. The van der Waals surface area contributed by atoms with Crippen LogP contribution in [0.25, 0.3) is 0 Å². The molecule has 17 heavy (non-hydrogen) atoms. The molecule has 0 fully saturated rings. The lowest BCUT2D eigenvalue weighted by Crippen LogP contribution is -2.28. The van der Waals surface area contributed by atoms with E-state index in [1.54, 1.807) is 0 Å². The minimum absolute atomic E-state index is 0.0991. The second-order valence-electron chi connectivity index (χ2n) is 3.19. The molecule has 0 heterocycles. The van der Waals surface area contributed by atoms with E-state index in [1.165, 1.54) is 0 Å². The number of carbonyl (C=O) groups excluding carboxylic acids is 1. The fourth-order valence-corrected chi connectivity index (χ4v) is 2.61. The standard InChI is InChI=1S/C9H10ClFN2O3S/c10-7-2-1-6(11)5-8(7)17(15,16)13-4-3-9(12)14/h1-2,5,13H,3-4H2,(H2,12,14). The van der Waals surface area contributed by atoms with E-state index >= 15 is 0 Å². The third-order valence-electron chi connectivity index (χ3n) is 1.85. The topological polar surface area (TPSA) is 89.3 Å². The van der Waals surface area contributed by atoms with Gasteiger partial charge in [-0.1, -0.05) is 11.6 Å². The first kappa shape index (κ1) is 13.9. The highest BCUT2D eigenvalue weighted by molar-refractivity contribution is 7.89. The van der Waals surface area contributed by atoms with Gasteiger partial charge in [-0.05, 0) is 18.2 Å². The summed E-state index contributed by atoms with van der Waals surface area (Å²) in [7, 11) is -3.94. The van der Waals surface area contributed by atoms with Gasteiger partial charge in [-0.25, -0.2) is 17.5 Å². The monoisotopic (exact) mass is 280 g/mol. The molecule has 3 N–H and O–H groups in total. The Morgan fingerprint density at radius 3 is 2.71 bits per heavy atom. The number of nitrogens with two attached hydrogens (primary N) is 1. The summed E-state index contributed by atoms with van der Waals surface area (Å²) in [5.74, 6) is -1.36. The molecule has 5 nitrogen and oxygen atoms in total. The molecular weight excluding hydrogens is 271 g/mol. The van der Waals surface area contributed by atoms with Crippen LogP contribution in [-0.4, -0.2) is 20.9 Å². The van der Waals surface area contributed by atoms with Crippen LogP contribution in [0, 0.1) is 5.82 Å². The number of carbonyl (C=O) groups is 1. The maximum absolute atomic E-state index is 12.9. The Morgan fingerprint density at radius 1 is 1.47 bits per heavy atom. The highest BCUT2D eigenvalue weighted by Crippen LogP contribution is 2.21. The van der Waals surface area contributed by atoms with E-state index in [-0.39, 0.29) is 22.9 Å². The van der Waals surface area contributed by atoms with Crippen molar-refractivity contribution in [2.24, 2.45) is 5.73 Å². The Hall–Kier alpha value is -1.18. The Kier molecular flexibility index (Phi) is 4.44. The first-order chi connectivity index (χ1) is 7.83. The highest BCUT2D eigenvalue weighted by atomic mass is 35.5. The molecule has 1 aromatic carbocycles. The quantitative estimate of drug-likeness (QED) is 0.829. The predicted molar refractivity (Wildman–Crippen MR) is 60.4 cm³/mol. The van der Waals surface area contributed by atoms with Crippen LogP contribution in [0.4, 0.5) is 4.39 Å². The van der Waals surface area contributed by atoms with E-state index in [0.717, 1.165) is 18.2 Å². The van der Waals surface area contributed by atoms with Gasteiger partial charge in [0.25, 0.3) is 0 Å². The van der Waals surface area contributed by atoms with E-state index in [0.29, 0.717) is 0 Å². The second-order valence-corrected chi connectivity index (χ2v) is 5.33. The Balaban J connectivity index is 2.89. The van der Waals surface area contributed by atoms with Crippen molar-refractivity contribution in [3.8, 4) is 0 Å². The van der Waals surface area contributed by atoms with Gasteiger partial charge in [-0.2, -0.15) is 0 Å². The lowest BCUT2D eigenvalue weighted by atomic mass is 10.3. The van der Waals surface area contributed by atoms with Gasteiger partial charge in [-0.15, -0.1) is 0 Å². The number of benzene rings is 1. The van der Waals surface area contributed by atoms with Crippen LogP contribution in [0.15, 0.2) is 23.1 Å². The molecule has 0 aliphatic heterocycles. The van der Waals surface area contributed by atoms with Crippen molar-refractivity contribution in [1.82, 2.24) is 4.72 Å². The van der Waals surface area contributed by atoms with E-state index in [9.17, 15) is 17.6 Å². The third kappa shape index (κ3) is 3.95. The van der Waals surface area contributed by atoms with Crippen molar-refractivity contribution in [3.05, 3.63) is 29.0 Å². The van der Waals surface area contributed by atoms with E-state index in [2.05, 4.69) is 4.72 Å². The Bertz CT molecular complexity index is 533. The summed E-state index contributed by atoms with van der Waals surface area (Å²) >= 11 is 5.64. The molecule has 0 bridgehead atoms. The molecule has 0 saturated heterocycles. The third-order valence-corrected chi connectivity index (χ3v) is 3.79. The molecule has 0 aliphatic carbocycles. The summed E-state index contributed by atoms with van der Waals surface area (Å²) in [4.78, 5) is 10.1. The van der Waals surface area contributed by atoms with Gasteiger partial charge in [0.05, 0.1) is 5.02 Å². The van der Waals surface area contributed by atoms with Gasteiger partial charge in [0, 0.05) is 13.0 Å². The molecule has 0 aromatic heterocycles. The number of nitrogens with one attached hydrogen (secondary N) is 1. The molecule has 0 spiro atoms. The summed E-state index contributed by atoms with van der Waals surface area (Å²) in [6, 6.07) is 2.99. The van der Waals surface area contributed by atoms with E-state index in [1.807, 2.05) is 0 Å². The van der Waals surface area contributed by atoms with Crippen LogP contribution in [0.1, 0.15) is 6.42 Å². The maximum atomic E-state index is 12.9. The molecule has 0 radical (unpaired) electrons. The lowest BCUT2D eigenvalue weighted by Gasteiger charge is -2.07. The van der Waals surface area contributed by atoms with Gasteiger partial charge in [0.2, 0.25) is 15.9 Å². The maximum Gasteiger partial charge on any atom is 0.242 e. The zero-order valence-electron chi connectivity index (χ0n) is 8.61. The number of hydrogen-bond donors (Lipinski definition) is 2. The molecule has 1 rings (SSSR count). The van der Waals surface area contributed by atoms with E-state index < -0.39 is 21.7 Å². The van der Waals surface area contributed by atoms with Crippen molar-refractivity contribution < 1.29 is 17.6 Å². The number of rotatable bonds is 5. The Labute approximate surface area is 103 Å². The van der Waals surface area contributed by atoms with Crippen molar-refractivity contribution in [3.63, 3.8) is 0 Å². The van der Waals surface area contributed by atoms with Gasteiger partial charge in [-0.3, -0.25) is 4.79 Å². The van der Waals surface area contributed by atoms with Crippen molar-refractivity contribution in [2.75, 3.05) is 6.54 Å². The molecular formula is C9H10ClFN2O3S. The second kappa shape index (κ2) is 5.44. The van der Waals surface area contributed by atoms with Gasteiger partial charge >= 0.3 is 0 Å². The number of amides is 1.